The molecule has 2 aromatic rings. The van der Waals surface area contributed by atoms with E-state index in [2.05, 4.69) is 24.0 Å². The first-order valence-corrected chi connectivity index (χ1v) is 7.72. The largest absolute Gasteiger partial charge is 0.460 e. The summed E-state index contributed by atoms with van der Waals surface area (Å²) in [5.74, 6) is -0.160. The van der Waals surface area contributed by atoms with Gasteiger partial charge in [-0.25, -0.2) is 4.79 Å². The molecule has 2 aromatic carbocycles. The Morgan fingerprint density at radius 2 is 1.55 bits per heavy atom. The first-order chi connectivity index (χ1) is 10.7. The second kappa shape index (κ2) is 6.32. The van der Waals surface area contributed by atoms with Crippen molar-refractivity contribution in [3.05, 3.63) is 71.8 Å². The molecule has 0 aromatic heterocycles. The Kier molecular flexibility index (Phi) is 4.25. The van der Waals surface area contributed by atoms with Gasteiger partial charge in [-0.15, -0.1) is 0 Å². The minimum Gasteiger partial charge on any atom is -0.460 e. The van der Waals surface area contributed by atoms with E-state index in [4.69, 9.17) is 4.74 Å². The van der Waals surface area contributed by atoms with Crippen LogP contribution in [0.25, 0.3) is 0 Å². The summed E-state index contributed by atoms with van der Waals surface area (Å²) in [6.45, 7) is 4.82. The number of carbonyl (C=O) groups is 1. The lowest BCUT2D eigenvalue weighted by atomic mass is 9.98. The van der Waals surface area contributed by atoms with Gasteiger partial charge in [-0.05, 0) is 25.0 Å². The van der Waals surface area contributed by atoms with Crippen LogP contribution in [0, 0.1) is 0 Å². The highest BCUT2D eigenvalue weighted by Crippen LogP contribution is 2.32. The minimum absolute atomic E-state index is 0.101. The van der Waals surface area contributed by atoms with Crippen LogP contribution in [0.15, 0.2) is 60.7 Å². The molecule has 3 heteroatoms. The van der Waals surface area contributed by atoms with Crippen molar-refractivity contribution in [1.29, 1.82) is 0 Å². The van der Waals surface area contributed by atoms with E-state index in [0.29, 0.717) is 0 Å². The van der Waals surface area contributed by atoms with Crippen LogP contribution in [-0.2, 0) is 16.1 Å². The van der Waals surface area contributed by atoms with Crippen LogP contribution in [-0.4, -0.2) is 23.0 Å². The van der Waals surface area contributed by atoms with E-state index in [1.54, 1.807) is 0 Å². The first-order valence-electron chi connectivity index (χ1n) is 7.72. The summed E-state index contributed by atoms with van der Waals surface area (Å²) >= 11 is 0. The summed E-state index contributed by atoms with van der Waals surface area (Å²) in [6, 6.07) is 20.0. The SMILES string of the molecule is CC1OC(=O)[C@H](c2ccccc2)N(Cc2ccccc2)C1C. The van der Waals surface area contributed by atoms with Gasteiger partial charge in [-0.2, -0.15) is 0 Å². The molecule has 3 atom stereocenters. The van der Waals surface area contributed by atoms with E-state index >= 15 is 0 Å². The third kappa shape index (κ3) is 2.90. The van der Waals surface area contributed by atoms with Gasteiger partial charge in [0.1, 0.15) is 12.1 Å². The highest BCUT2D eigenvalue weighted by molar-refractivity contribution is 5.78. The van der Waals surface area contributed by atoms with Crippen LogP contribution in [0.1, 0.15) is 31.0 Å². The Morgan fingerprint density at radius 3 is 2.18 bits per heavy atom. The Morgan fingerprint density at radius 1 is 0.955 bits per heavy atom. The molecule has 2 unspecified atom stereocenters. The second-order valence-electron chi connectivity index (χ2n) is 5.85. The highest BCUT2D eigenvalue weighted by Gasteiger charge is 2.40. The minimum atomic E-state index is -0.340. The van der Waals surface area contributed by atoms with Crippen LogP contribution in [0.4, 0.5) is 0 Å². The van der Waals surface area contributed by atoms with Crippen molar-refractivity contribution in [3.63, 3.8) is 0 Å². The highest BCUT2D eigenvalue weighted by atomic mass is 16.5. The summed E-state index contributed by atoms with van der Waals surface area (Å²) in [7, 11) is 0. The van der Waals surface area contributed by atoms with Gasteiger partial charge >= 0.3 is 5.97 Å². The molecule has 0 bridgehead atoms. The number of hydrogen-bond donors (Lipinski definition) is 0. The zero-order valence-electron chi connectivity index (χ0n) is 13.0. The zero-order valence-corrected chi connectivity index (χ0v) is 13.0. The number of ether oxygens (including phenoxy) is 1. The monoisotopic (exact) mass is 295 g/mol. The average molecular weight is 295 g/mol. The Balaban J connectivity index is 1.94. The van der Waals surface area contributed by atoms with Crippen LogP contribution < -0.4 is 0 Å². The molecule has 3 nitrogen and oxygen atoms in total. The molecule has 3 rings (SSSR count). The number of benzene rings is 2. The van der Waals surface area contributed by atoms with Gasteiger partial charge in [0, 0.05) is 12.6 Å². The first kappa shape index (κ1) is 14.8. The van der Waals surface area contributed by atoms with E-state index in [-0.39, 0.29) is 24.2 Å². The van der Waals surface area contributed by atoms with Gasteiger partial charge in [-0.3, -0.25) is 4.90 Å². The molecular formula is C19H21NO2. The number of hydrogen-bond acceptors (Lipinski definition) is 3. The van der Waals surface area contributed by atoms with Crippen molar-refractivity contribution >= 4 is 5.97 Å². The quantitative estimate of drug-likeness (QED) is 0.811. The maximum atomic E-state index is 12.5. The number of carbonyl (C=O) groups excluding carboxylic acids is 1. The molecule has 22 heavy (non-hydrogen) atoms. The number of esters is 1. The van der Waals surface area contributed by atoms with Crippen molar-refractivity contribution < 1.29 is 9.53 Å². The van der Waals surface area contributed by atoms with Gasteiger partial charge in [0.05, 0.1) is 0 Å². The van der Waals surface area contributed by atoms with E-state index in [1.165, 1.54) is 5.56 Å². The van der Waals surface area contributed by atoms with E-state index in [0.717, 1.165) is 12.1 Å². The van der Waals surface area contributed by atoms with E-state index in [1.807, 2.05) is 55.5 Å². The predicted molar refractivity (Wildman–Crippen MR) is 86.2 cm³/mol. The molecule has 1 aliphatic heterocycles. The fourth-order valence-corrected chi connectivity index (χ4v) is 2.98. The van der Waals surface area contributed by atoms with Crippen molar-refractivity contribution in [2.45, 2.75) is 38.6 Å². The maximum Gasteiger partial charge on any atom is 0.328 e. The third-order valence-electron chi connectivity index (χ3n) is 4.38. The van der Waals surface area contributed by atoms with Gasteiger partial charge in [-0.1, -0.05) is 60.7 Å². The summed E-state index contributed by atoms with van der Waals surface area (Å²) in [4.78, 5) is 14.7. The molecule has 1 aliphatic rings. The molecule has 0 radical (unpaired) electrons. The smallest absolute Gasteiger partial charge is 0.328 e. The van der Waals surface area contributed by atoms with Gasteiger partial charge in [0.15, 0.2) is 0 Å². The molecule has 0 saturated carbocycles. The molecule has 0 spiro atoms. The maximum absolute atomic E-state index is 12.5. The Bertz CT molecular complexity index is 626. The summed E-state index contributed by atoms with van der Waals surface area (Å²) in [5.41, 5.74) is 2.19. The number of nitrogens with zero attached hydrogens (tertiary/aromatic N) is 1. The molecule has 1 heterocycles. The summed E-state index contributed by atoms with van der Waals surface area (Å²) < 4.78 is 5.55. The van der Waals surface area contributed by atoms with Gasteiger partial charge in [0.2, 0.25) is 0 Å². The van der Waals surface area contributed by atoms with Crippen molar-refractivity contribution in [3.8, 4) is 0 Å². The molecule has 114 valence electrons. The van der Waals surface area contributed by atoms with E-state index in [9.17, 15) is 4.79 Å². The molecule has 1 fully saturated rings. The molecule has 0 aliphatic carbocycles. The van der Waals surface area contributed by atoms with Gasteiger partial charge in [0.25, 0.3) is 0 Å². The standard InChI is InChI=1S/C19H21NO2/c1-14-15(2)22-19(21)18(17-11-7-4-8-12-17)20(14)13-16-9-5-3-6-10-16/h3-12,14-15,18H,13H2,1-2H3/t14?,15?,18-/m0/s1. The van der Waals surface area contributed by atoms with Crippen LogP contribution in [0.5, 0.6) is 0 Å². The lowest BCUT2D eigenvalue weighted by molar-refractivity contribution is -0.172. The number of cyclic esters (lactones) is 1. The number of morpholine rings is 1. The van der Waals surface area contributed by atoms with Crippen LogP contribution in [0.2, 0.25) is 0 Å². The topological polar surface area (TPSA) is 29.5 Å². The fraction of sp³-hybridized carbons (Fsp3) is 0.316. The molecule has 1 saturated heterocycles. The van der Waals surface area contributed by atoms with Crippen LogP contribution >= 0.6 is 0 Å². The molecule has 0 N–H and O–H groups in total. The molecular weight excluding hydrogens is 274 g/mol. The van der Waals surface area contributed by atoms with Crippen LogP contribution in [0.3, 0.4) is 0 Å². The van der Waals surface area contributed by atoms with Gasteiger partial charge < -0.3 is 4.74 Å². The summed E-state index contributed by atoms with van der Waals surface area (Å²) in [5, 5.41) is 0. The lowest BCUT2D eigenvalue weighted by Crippen LogP contribution is -2.52. The average Bonchev–Trinajstić information content (AvgIpc) is 2.54. The fourth-order valence-electron chi connectivity index (χ4n) is 2.98. The lowest BCUT2D eigenvalue weighted by Gasteiger charge is -2.42. The normalized spacial score (nSPS) is 25.7. The van der Waals surface area contributed by atoms with Crippen molar-refractivity contribution in [2.24, 2.45) is 0 Å². The Hall–Kier alpha value is -2.13. The van der Waals surface area contributed by atoms with E-state index < -0.39 is 0 Å². The zero-order chi connectivity index (χ0) is 15.5. The number of rotatable bonds is 3. The third-order valence-corrected chi connectivity index (χ3v) is 4.38. The van der Waals surface area contributed by atoms with Crippen molar-refractivity contribution in [2.75, 3.05) is 0 Å². The summed E-state index contributed by atoms with van der Waals surface area (Å²) in [6.07, 6.45) is -0.101. The predicted octanol–water partition coefficient (Wildman–Crippen LogP) is 3.56. The Labute approximate surface area is 131 Å². The van der Waals surface area contributed by atoms with Crippen molar-refractivity contribution in [1.82, 2.24) is 4.90 Å². The molecule has 0 amide bonds. The second-order valence-corrected chi connectivity index (χ2v) is 5.85.